The van der Waals surface area contributed by atoms with Crippen LogP contribution in [0.2, 0.25) is 0 Å². The molecule has 0 spiro atoms. The summed E-state index contributed by atoms with van der Waals surface area (Å²) in [6.07, 6.45) is -0.423. The number of carbonyl (C=O) groups is 3. The number of aliphatic hydroxyl groups excluding tert-OH is 3. The zero-order valence-corrected chi connectivity index (χ0v) is 21.9. The van der Waals surface area contributed by atoms with Gasteiger partial charge in [-0.05, 0) is 60.7 Å². The monoisotopic (exact) mass is 585 g/mol. The topological polar surface area (TPSA) is 191 Å². The molecule has 3 heterocycles. The van der Waals surface area contributed by atoms with Gasteiger partial charge in [0.15, 0.2) is 12.5 Å². The molecule has 0 fully saturated rings. The second-order valence-corrected chi connectivity index (χ2v) is 8.55. The molecule has 0 radical (unpaired) electrons. The lowest BCUT2D eigenvalue weighted by Crippen LogP contribution is -2.48. The van der Waals surface area contributed by atoms with Crippen LogP contribution in [-0.4, -0.2) is 78.2 Å². The molecule has 0 saturated carbocycles. The summed E-state index contributed by atoms with van der Waals surface area (Å²) < 4.78 is 35.5. The van der Waals surface area contributed by atoms with Crippen molar-refractivity contribution in [3.05, 3.63) is 96.7 Å². The Hall–Kier alpha value is -5.05. The minimum Gasteiger partial charge on any atom is -0.491 e. The Morgan fingerprint density at radius 1 is 0.619 bits per heavy atom. The first-order chi connectivity index (χ1) is 20.3. The first-order valence-electron chi connectivity index (χ1n) is 12.5. The molecule has 0 aliphatic rings. The Morgan fingerprint density at radius 2 is 1.05 bits per heavy atom. The van der Waals surface area contributed by atoms with E-state index >= 15 is 0 Å². The van der Waals surface area contributed by atoms with Gasteiger partial charge in [-0.15, -0.1) is 0 Å². The summed E-state index contributed by atoms with van der Waals surface area (Å²) in [6.45, 7) is -1.71. The molecule has 4 rings (SSSR count). The second-order valence-electron chi connectivity index (χ2n) is 8.55. The number of furan rings is 3. The summed E-state index contributed by atoms with van der Waals surface area (Å²) in [4.78, 5) is 37.1. The molecule has 14 heteroatoms. The highest BCUT2D eigenvalue weighted by atomic mass is 16.6. The second kappa shape index (κ2) is 14.5. The molecule has 3 N–H and O–H groups in total. The lowest BCUT2D eigenvalue weighted by Gasteiger charge is -2.33. The van der Waals surface area contributed by atoms with E-state index < -0.39 is 49.7 Å². The van der Waals surface area contributed by atoms with Gasteiger partial charge in [0.2, 0.25) is 17.3 Å². The van der Waals surface area contributed by atoms with Crippen molar-refractivity contribution >= 4 is 23.6 Å². The maximum atomic E-state index is 12.1. The van der Waals surface area contributed by atoms with Crippen LogP contribution in [-0.2, 0) is 14.2 Å². The summed E-state index contributed by atoms with van der Waals surface area (Å²) in [5.74, 6) is -2.27. The number of ether oxygens (including phenoxy) is 4. The van der Waals surface area contributed by atoms with Crippen LogP contribution in [0.4, 0.5) is 5.69 Å². The number of esters is 3. The molecule has 3 atom stereocenters. The summed E-state index contributed by atoms with van der Waals surface area (Å²) in [5.41, 5.74) is 0.235. The molecular weight excluding hydrogens is 558 g/mol. The fraction of sp³-hybridized carbons (Fsp3) is 0.250. The first-order valence-corrected chi connectivity index (χ1v) is 12.5. The van der Waals surface area contributed by atoms with Gasteiger partial charge in [0.1, 0.15) is 38.3 Å². The normalized spacial score (nSPS) is 13.0. The number of anilines is 1. The molecule has 0 saturated heterocycles. The molecule has 0 aliphatic carbocycles. The number of carbonyl (C=O) groups excluding carboxylic acids is 3. The molecule has 222 valence electrons. The van der Waals surface area contributed by atoms with Crippen LogP contribution < -0.4 is 9.64 Å². The quantitative estimate of drug-likeness (QED) is 0.104. The summed E-state index contributed by atoms with van der Waals surface area (Å²) >= 11 is 0. The van der Waals surface area contributed by atoms with E-state index in [-0.39, 0.29) is 36.2 Å². The van der Waals surface area contributed by atoms with Crippen molar-refractivity contribution in [2.75, 3.05) is 31.3 Å². The van der Waals surface area contributed by atoms with Gasteiger partial charge < -0.3 is 52.4 Å². The van der Waals surface area contributed by atoms with Crippen molar-refractivity contribution < 1.29 is 61.9 Å². The third kappa shape index (κ3) is 8.23. The average Bonchev–Trinajstić information content (AvgIpc) is 3.81. The largest absolute Gasteiger partial charge is 0.491 e. The van der Waals surface area contributed by atoms with Crippen LogP contribution in [0.5, 0.6) is 5.75 Å². The molecule has 4 aromatic rings. The number of nitrogens with zero attached hydrogens (tertiary/aromatic N) is 1. The molecule has 3 aromatic heterocycles. The highest BCUT2D eigenvalue weighted by Crippen LogP contribution is 2.23. The summed E-state index contributed by atoms with van der Waals surface area (Å²) in [5, 5.41) is 31.8. The van der Waals surface area contributed by atoms with Crippen molar-refractivity contribution in [2.45, 2.75) is 18.6 Å². The Labute approximate surface area is 238 Å². The Balaban J connectivity index is 1.36. The van der Waals surface area contributed by atoms with Gasteiger partial charge in [-0.2, -0.15) is 0 Å². The van der Waals surface area contributed by atoms with Crippen molar-refractivity contribution in [1.29, 1.82) is 0 Å². The van der Waals surface area contributed by atoms with Crippen LogP contribution in [0.3, 0.4) is 0 Å². The number of rotatable bonds is 15. The van der Waals surface area contributed by atoms with E-state index in [1.165, 1.54) is 79.5 Å². The van der Waals surface area contributed by atoms with Gasteiger partial charge in [0.05, 0.1) is 18.8 Å². The number of hydrogen-bond acceptors (Lipinski definition) is 14. The van der Waals surface area contributed by atoms with E-state index in [9.17, 15) is 29.7 Å². The maximum absolute atomic E-state index is 12.1. The van der Waals surface area contributed by atoms with Gasteiger partial charge in [-0.3, -0.25) is 0 Å². The van der Waals surface area contributed by atoms with Crippen LogP contribution in [0, 0.1) is 0 Å². The predicted octanol–water partition coefficient (Wildman–Crippen LogP) is 2.22. The number of aliphatic hydroxyl groups is 3. The summed E-state index contributed by atoms with van der Waals surface area (Å²) in [6, 6.07) is 14.6. The first kappa shape index (κ1) is 29.9. The van der Waals surface area contributed by atoms with Crippen molar-refractivity contribution in [1.82, 2.24) is 0 Å². The Bertz CT molecular complexity index is 1330. The van der Waals surface area contributed by atoms with E-state index in [2.05, 4.69) is 0 Å². The number of benzene rings is 1. The SMILES string of the molecule is O=C(OCC(O)COc1ccc(N(C(O)COC(=O)c2ccco2)C(O)COC(=O)c2ccco2)cc1)c1ccco1. The fourth-order valence-electron chi connectivity index (χ4n) is 3.53. The highest BCUT2D eigenvalue weighted by molar-refractivity contribution is 5.87. The highest BCUT2D eigenvalue weighted by Gasteiger charge is 2.27. The van der Waals surface area contributed by atoms with Crippen LogP contribution in [0.25, 0.3) is 0 Å². The van der Waals surface area contributed by atoms with Gasteiger partial charge >= 0.3 is 17.9 Å². The summed E-state index contributed by atoms with van der Waals surface area (Å²) in [7, 11) is 0. The molecule has 0 aliphatic heterocycles. The van der Waals surface area contributed by atoms with Crippen molar-refractivity contribution in [2.24, 2.45) is 0 Å². The average molecular weight is 586 g/mol. The fourth-order valence-corrected chi connectivity index (χ4v) is 3.53. The minimum atomic E-state index is -1.58. The van der Waals surface area contributed by atoms with E-state index in [4.69, 9.17) is 32.2 Å². The molecule has 42 heavy (non-hydrogen) atoms. The Morgan fingerprint density at radius 3 is 1.45 bits per heavy atom. The lowest BCUT2D eigenvalue weighted by molar-refractivity contribution is -0.00974. The molecule has 14 nitrogen and oxygen atoms in total. The molecule has 0 bridgehead atoms. The molecule has 1 aromatic carbocycles. The van der Waals surface area contributed by atoms with Crippen LogP contribution in [0.15, 0.2) is 92.7 Å². The minimum absolute atomic E-state index is 0.000833. The predicted molar refractivity (Wildman–Crippen MR) is 139 cm³/mol. The maximum Gasteiger partial charge on any atom is 0.374 e. The van der Waals surface area contributed by atoms with Gasteiger partial charge in [0, 0.05) is 5.69 Å². The van der Waals surface area contributed by atoms with Crippen molar-refractivity contribution in [3.8, 4) is 5.75 Å². The van der Waals surface area contributed by atoms with Gasteiger partial charge in [-0.1, -0.05) is 0 Å². The third-order valence-corrected chi connectivity index (χ3v) is 5.52. The van der Waals surface area contributed by atoms with Gasteiger partial charge in [-0.25, -0.2) is 14.4 Å². The van der Waals surface area contributed by atoms with E-state index in [1.54, 1.807) is 0 Å². The third-order valence-electron chi connectivity index (χ3n) is 5.52. The molecule has 3 unspecified atom stereocenters. The standard InChI is InChI=1S/C28H27NO13/c30-19(15-40-26(33)21-4-1-11-36-21)14-39-20-9-7-18(8-10-20)29(24(31)16-41-27(34)22-5-2-12-37-22)25(32)17-42-28(35)23-6-3-13-38-23/h1-13,19,24-25,30-32H,14-17H2. The Kier molecular flexibility index (Phi) is 10.4. The zero-order valence-electron chi connectivity index (χ0n) is 21.9. The van der Waals surface area contributed by atoms with E-state index in [0.717, 1.165) is 4.90 Å². The number of hydrogen-bond donors (Lipinski definition) is 3. The van der Waals surface area contributed by atoms with E-state index in [0.29, 0.717) is 5.75 Å². The smallest absolute Gasteiger partial charge is 0.374 e. The lowest BCUT2D eigenvalue weighted by atomic mass is 10.2. The van der Waals surface area contributed by atoms with Crippen molar-refractivity contribution in [3.63, 3.8) is 0 Å². The molecule has 0 amide bonds. The van der Waals surface area contributed by atoms with Crippen LogP contribution >= 0.6 is 0 Å². The molecular formula is C28H27NO13. The van der Waals surface area contributed by atoms with Gasteiger partial charge in [0.25, 0.3) is 0 Å². The zero-order chi connectivity index (χ0) is 29.9. The van der Waals surface area contributed by atoms with E-state index in [1.807, 2.05) is 0 Å². The van der Waals surface area contributed by atoms with Crippen LogP contribution in [0.1, 0.15) is 31.7 Å².